The van der Waals surface area contributed by atoms with Crippen LogP contribution < -0.4 is 5.32 Å². The van der Waals surface area contributed by atoms with Crippen molar-refractivity contribution in [2.45, 2.75) is 44.7 Å². The fourth-order valence-electron chi connectivity index (χ4n) is 3.81. The van der Waals surface area contributed by atoms with Crippen molar-refractivity contribution in [2.24, 2.45) is 5.92 Å². The molecule has 0 saturated heterocycles. The van der Waals surface area contributed by atoms with E-state index in [0.29, 0.717) is 10.8 Å². The Morgan fingerprint density at radius 1 is 1.33 bits per heavy atom. The van der Waals surface area contributed by atoms with E-state index >= 15 is 0 Å². The van der Waals surface area contributed by atoms with Gasteiger partial charge in [0.05, 0.1) is 11.4 Å². The fraction of sp³-hybridized carbons (Fsp3) is 0.500. The molecule has 4 rings (SSSR count). The van der Waals surface area contributed by atoms with Crippen LogP contribution in [0.25, 0.3) is 10.1 Å². The number of carboxylic acids is 1. The zero-order valence-electron chi connectivity index (χ0n) is 15.2. The first-order valence-electron chi connectivity index (χ1n) is 9.36. The summed E-state index contributed by atoms with van der Waals surface area (Å²) in [7, 11) is 0. The number of fused-ring (bicyclic) bond motifs is 1. The molecule has 2 aliphatic carbocycles. The van der Waals surface area contributed by atoms with Gasteiger partial charge in [-0.3, -0.25) is 14.5 Å². The van der Waals surface area contributed by atoms with E-state index in [2.05, 4.69) is 10.2 Å². The van der Waals surface area contributed by atoms with E-state index in [0.717, 1.165) is 35.0 Å². The molecule has 1 heterocycles. The zero-order valence-corrected chi connectivity index (χ0v) is 16.0. The first-order valence-corrected chi connectivity index (χ1v) is 10.2. The molecule has 0 bridgehead atoms. The lowest BCUT2D eigenvalue weighted by Gasteiger charge is -2.42. The Morgan fingerprint density at radius 3 is 2.74 bits per heavy atom. The Hall–Kier alpha value is -1.99. The molecular weight excluding hydrogens is 367 g/mol. The monoisotopic (exact) mass is 390 g/mol. The molecule has 2 aromatic rings. The van der Waals surface area contributed by atoms with Crippen LogP contribution in [0.3, 0.4) is 0 Å². The number of hydrogen-bond acceptors (Lipinski definition) is 4. The van der Waals surface area contributed by atoms with Gasteiger partial charge in [0.2, 0.25) is 0 Å². The lowest BCUT2D eigenvalue weighted by atomic mass is 9.85. The zero-order chi connectivity index (χ0) is 19.1. The molecule has 1 aromatic heterocycles. The average molecular weight is 390 g/mol. The van der Waals surface area contributed by atoms with Crippen molar-refractivity contribution in [3.8, 4) is 0 Å². The maximum atomic E-state index is 13.5. The van der Waals surface area contributed by atoms with Gasteiger partial charge in [-0.2, -0.15) is 0 Å². The van der Waals surface area contributed by atoms with E-state index in [9.17, 15) is 14.0 Å². The van der Waals surface area contributed by atoms with Gasteiger partial charge in [0.15, 0.2) is 0 Å². The van der Waals surface area contributed by atoms with Crippen molar-refractivity contribution in [3.05, 3.63) is 34.5 Å². The standard InChI is InChI=1S/C20H23FN2O3S/c1-11-16-6-13(21)4-5-17(16)27-19(11)20(26)22-14-7-15(8-14)23(10-18(24)25)9-12-2-3-12/h4-6,12,14-15H,2-3,7-10H2,1H3,(H,22,26)(H,24,25). The minimum absolute atomic E-state index is 0.0688. The summed E-state index contributed by atoms with van der Waals surface area (Å²) >= 11 is 1.38. The smallest absolute Gasteiger partial charge is 0.317 e. The van der Waals surface area contributed by atoms with E-state index in [1.807, 2.05) is 6.92 Å². The predicted octanol–water partition coefficient (Wildman–Crippen LogP) is 3.41. The summed E-state index contributed by atoms with van der Waals surface area (Å²) in [6.45, 7) is 2.77. The molecule has 2 aliphatic rings. The summed E-state index contributed by atoms with van der Waals surface area (Å²) in [6.07, 6.45) is 3.94. The van der Waals surface area contributed by atoms with Crippen LogP contribution in [0.15, 0.2) is 18.2 Å². The van der Waals surface area contributed by atoms with Crippen molar-refractivity contribution < 1.29 is 19.1 Å². The van der Waals surface area contributed by atoms with Gasteiger partial charge in [0, 0.05) is 23.3 Å². The van der Waals surface area contributed by atoms with Crippen molar-refractivity contribution >= 4 is 33.3 Å². The molecule has 144 valence electrons. The third-order valence-electron chi connectivity index (χ3n) is 5.60. The summed E-state index contributed by atoms with van der Waals surface area (Å²) in [5, 5.41) is 13.0. The third kappa shape index (κ3) is 3.99. The number of aryl methyl sites for hydroxylation is 1. The Labute approximate surface area is 161 Å². The van der Waals surface area contributed by atoms with Crippen LogP contribution in [0.4, 0.5) is 4.39 Å². The predicted molar refractivity (Wildman–Crippen MR) is 103 cm³/mol. The van der Waals surface area contributed by atoms with E-state index in [1.165, 1.54) is 36.3 Å². The van der Waals surface area contributed by atoms with Gasteiger partial charge in [-0.1, -0.05) is 0 Å². The first kappa shape index (κ1) is 18.4. The van der Waals surface area contributed by atoms with Crippen LogP contribution in [0, 0.1) is 18.7 Å². The van der Waals surface area contributed by atoms with Gasteiger partial charge in [-0.05, 0) is 67.7 Å². The average Bonchev–Trinajstić information content (AvgIpc) is 3.33. The minimum atomic E-state index is -0.795. The number of aliphatic carboxylic acids is 1. The molecular formula is C20H23FN2O3S. The SMILES string of the molecule is Cc1c(C(=O)NC2CC(N(CC(=O)O)CC3CC3)C2)sc2ccc(F)cc12. The normalized spacial score (nSPS) is 22.0. The van der Waals surface area contributed by atoms with Crippen molar-refractivity contribution in [1.82, 2.24) is 10.2 Å². The number of nitrogens with zero attached hydrogens (tertiary/aromatic N) is 1. The van der Waals surface area contributed by atoms with Gasteiger partial charge in [0.25, 0.3) is 5.91 Å². The van der Waals surface area contributed by atoms with Crippen LogP contribution >= 0.6 is 11.3 Å². The van der Waals surface area contributed by atoms with Gasteiger partial charge in [-0.25, -0.2) is 4.39 Å². The maximum Gasteiger partial charge on any atom is 0.317 e. The van der Waals surface area contributed by atoms with Crippen LogP contribution in [-0.2, 0) is 4.79 Å². The quantitative estimate of drug-likeness (QED) is 0.760. The number of thiophene rings is 1. The molecule has 0 unspecified atom stereocenters. The van der Waals surface area contributed by atoms with Crippen LogP contribution in [0.5, 0.6) is 0 Å². The molecule has 1 aromatic carbocycles. The Kier molecular flexibility index (Phi) is 4.90. The van der Waals surface area contributed by atoms with Crippen LogP contribution in [0.1, 0.15) is 40.9 Å². The molecule has 2 saturated carbocycles. The molecule has 0 spiro atoms. The van der Waals surface area contributed by atoms with E-state index in [-0.39, 0.29) is 30.4 Å². The number of carboxylic acid groups (broad SMARTS) is 1. The van der Waals surface area contributed by atoms with Gasteiger partial charge in [0.1, 0.15) is 5.82 Å². The molecule has 7 heteroatoms. The van der Waals surface area contributed by atoms with E-state index in [1.54, 1.807) is 6.07 Å². The number of halogens is 1. The van der Waals surface area contributed by atoms with E-state index in [4.69, 9.17) is 5.11 Å². The van der Waals surface area contributed by atoms with Crippen LogP contribution in [0.2, 0.25) is 0 Å². The summed E-state index contributed by atoms with van der Waals surface area (Å²) in [6, 6.07) is 4.89. The molecule has 0 atom stereocenters. The largest absolute Gasteiger partial charge is 0.480 e. The second-order valence-corrected chi connectivity index (χ2v) is 8.81. The first-order chi connectivity index (χ1) is 12.9. The fourth-order valence-corrected chi connectivity index (χ4v) is 4.91. The minimum Gasteiger partial charge on any atom is -0.480 e. The third-order valence-corrected chi connectivity index (χ3v) is 6.87. The number of carbonyl (C=O) groups excluding carboxylic acids is 1. The molecule has 0 aliphatic heterocycles. The Morgan fingerprint density at radius 2 is 2.07 bits per heavy atom. The highest BCUT2D eigenvalue weighted by atomic mass is 32.1. The second kappa shape index (κ2) is 7.20. The topological polar surface area (TPSA) is 69.6 Å². The lowest BCUT2D eigenvalue weighted by Crippen LogP contribution is -2.55. The molecule has 2 fully saturated rings. The molecule has 0 radical (unpaired) electrons. The van der Waals surface area contributed by atoms with Gasteiger partial charge in [-0.15, -0.1) is 11.3 Å². The number of benzene rings is 1. The second-order valence-electron chi connectivity index (χ2n) is 7.76. The van der Waals surface area contributed by atoms with Gasteiger partial charge < -0.3 is 10.4 Å². The van der Waals surface area contributed by atoms with Crippen molar-refractivity contribution in [1.29, 1.82) is 0 Å². The molecule has 5 nitrogen and oxygen atoms in total. The summed E-state index contributed by atoms with van der Waals surface area (Å²) in [5.41, 5.74) is 0.809. The highest BCUT2D eigenvalue weighted by Gasteiger charge is 2.38. The van der Waals surface area contributed by atoms with Gasteiger partial charge >= 0.3 is 5.97 Å². The Bertz CT molecular complexity index is 887. The van der Waals surface area contributed by atoms with Crippen molar-refractivity contribution in [3.63, 3.8) is 0 Å². The number of carbonyl (C=O) groups is 2. The summed E-state index contributed by atoms with van der Waals surface area (Å²) in [4.78, 5) is 26.4. The molecule has 1 amide bonds. The Balaban J connectivity index is 1.37. The molecule has 2 N–H and O–H groups in total. The van der Waals surface area contributed by atoms with E-state index < -0.39 is 5.97 Å². The number of rotatable bonds is 7. The highest BCUT2D eigenvalue weighted by Crippen LogP contribution is 2.35. The van der Waals surface area contributed by atoms with Crippen LogP contribution in [-0.4, -0.2) is 47.1 Å². The van der Waals surface area contributed by atoms with Crippen molar-refractivity contribution in [2.75, 3.05) is 13.1 Å². The summed E-state index contributed by atoms with van der Waals surface area (Å²) in [5.74, 6) is -0.577. The number of amides is 1. The maximum absolute atomic E-state index is 13.5. The number of nitrogens with one attached hydrogen (secondary N) is 1. The highest BCUT2D eigenvalue weighted by molar-refractivity contribution is 7.21. The lowest BCUT2D eigenvalue weighted by molar-refractivity contribution is -0.139. The molecule has 27 heavy (non-hydrogen) atoms. The summed E-state index contributed by atoms with van der Waals surface area (Å²) < 4.78 is 14.4. The number of hydrogen-bond donors (Lipinski definition) is 2.